The fraction of sp³-hybridized carbons (Fsp3) is 0.875. The molecule has 0 N–H and O–H groups in total. The zero-order valence-electron chi connectivity index (χ0n) is 6.93. The second kappa shape index (κ2) is 4.33. The normalized spacial score (nSPS) is 36.1. The van der Waals surface area contributed by atoms with Crippen molar-refractivity contribution in [2.24, 2.45) is 0 Å². The van der Waals surface area contributed by atoms with Crippen LogP contribution in [0.2, 0.25) is 0 Å². The maximum Gasteiger partial charge on any atom is 0.302 e. The van der Waals surface area contributed by atoms with E-state index in [0.717, 1.165) is 12.8 Å². The van der Waals surface area contributed by atoms with E-state index in [1.807, 2.05) is 0 Å². The summed E-state index contributed by atoms with van der Waals surface area (Å²) in [5.41, 5.74) is 0. The monoisotopic (exact) mass is 210 g/mol. The highest BCUT2D eigenvalue weighted by Gasteiger charge is 2.29. The number of ether oxygens (including phenoxy) is 1. The largest absolute Gasteiger partial charge is 0.463 e. The third-order valence-corrected chi connectivity index (χ3v) is 3.11. The van der Waals surface area contributed by atoms with Crippen LogP contribution in [0.3, 0.4) is 0 Å². The lowest BCUT2D eigenvalue weighted by Gasteiger charge is -2.28. The molecule has 0 amide bonds. The smallest absolute Gasteiger partial charge is 0.302 e. The minimum Gasteiger partial charge on any atom is -0.463 e. The van der Waals surface area contributed by atoms with Crippen molar-refractivity contribution < 1.29 is 9.53 Å². The van der Waals surface area contributed by atoms with Gasteiger partial charge in [-0.1, -0.05) is 0 Å². The second-order valence-electron chi connectivity index (χ2n) is 3.08. The van der Waals surface area contributed by atoms with Crippen LogP contribution in [0.4, 0.5) is 0 Å². The first-order chi connectivity index (χ1) is 5.59. The molecule has 0 aliphatic heterocycles. The zero-order chi connectivity index (χ0) is 9.14. The van der Waals surface area contributed by atoms with Gasteiger partial charge in [-0.05, 0) is 12.8 Å². The Kier molecular flexibility index (Phi) is 3.66. The molecule has 3 unspecified atom stereocenters. The Morgan fingerprint density at radius 3 is 2.50 bits per heavy atom. The lowest BCUT2D eigenvalue weighted by molar-refractivity contribution is -0.147. The molecule has 1 saturated carbocycles. The molecule has 1 rings (SSSR count). The summed E-state index contributed by atoms with van der Waals surface area (Å²) in [6.45, 7) is 1.41. The summed E-state index contributed by atoms with van der Waals surface area (Å²) >= 11 is 11.8. The van der Waals surface area contributed by atoms with Gasteiger partial charge in [0.05, 0.1) is 10.8 Å². The number of esters is 1. The lowest BCUT2D eigenvalue weighted by Crippen LogP contribution is -2.31. The standard InChI is InChI=1S/C8H12Cl2O2/c1-5(11)12-6-2-3-7(9)8(10)4-6/h6-8H,2-4H2,1H3. The van der Waals surface area contributed by atoms with E-state index in [1.165, 1.54) is 6.92 Å². The van der Waals surface area contributed by atoms with Crippen LogP contribution in [0.15, 0.2) is 0 Å². The molecule has 0 aromatic carbocycles. The molecule has 1 aliphatic carbocycles. The van der Waals surface area contributed by atoms with Gasteiger partial charge < -0.3 is 4.74 Å². The average molecular weight is 211 g/mol. The van der Waals surface area contributed by atoms with Crippen molar-refractivity contribution in [3.63, 3.8) is 0 Å². The number of rotatable bonds is 1. The summed E-state index contributed by atoms with van der Waals surface area (Å²) in [6.07, 6.45) is 2.31. The molecule has 3 atom stereocenters. The molecule has 0 heterocycles. The highest BCUT2D eigenvalue weighted by Crippen LogP contribution is 2.29. The van der Waals surface area contributed by atoms with Crippen molar-refractivity contribution in [1.82, 2.24) is 0 Å². The van der Waals surface area contributed by atoms with Crippen molar-refractivity contribution in [2.75, 3.05) is 0 Å². The van der Waals surface area contributed by atoms with Gasteiger partial charge in [0.15, 0.2) is 0 Å². The van der Waals surface area contributed by atoms with Crippen molar-refractivity contribution in [1.29, 1.82) is 0 Å². The van der Waals surface area contributed by atoms with Crippen LogP contribution in [-0.4, -0.2) is 22.8 Å². The first-order valence-corrected chi connectivity index (χ1v) is 4.92. The highest BCUT2D eigenvalue weighted by molar-refractivity contribution is 6.30. The van der Waals surface area contributed by atoms with Crippen LogP contribution >= 0.6 is 23.2 Å². The molecule has 70 valence electrons. The fourth-order valence-corrected chi connectivity index (χ4v) is 1.94. The fourth-order valence-electron chi connectivity index (χ4n) is 1.38. The van der Waals surface area contributed by atoms with E-state index in [1.54, 1.807) is 0 Å². The predicted octanol–water partition coefficient (Wildman–Crippen LogP) is 2.32. The lowest BCUT2D eigenvalue weighted by atomic mass is 9.97. The Bertz CT molecular complexity index is 172. The Hall–Kier alpha value is 0.0500. The topological polar surface area (TPSA) is 26.3 Å². The molecule has 1 aliphatic rings. The summed E-state index contributed by atoms with van der Waals surface area (Å²) in [4.78, 5) is 10.6. The van der Waals surface area contributed by atoms with E-state index in [0.29, 0.717) is 6.42 Å². The summed E-state index contributed by atoms with van der Waals surface area (Å²) < 4.78 is 5.03. The minimum absolute atomic E-state index is 0.0264. The average Bonchev–Trinajstić information content (AvgIpc) is 1.96. The molecule has 2 nitrogen and oxygen atoms in total. The number of alkyl halides is 2. The second-order valence-corrected chi connectivity index (χ2v) is 4.20. The van der Waals surface area contributed by atoms with Gasteiger partial charge >= 0.3 is 5.97 Å². The van der Waals surface area contributed by atoms with Crippen LogP contribution < -0.4 is 0 Å². The van der Waals surface area contributed by atoms with Crippen LogP contribution in [0.1, 0.15) is 26.2 Å². The van der Waals surface area contributed by atoms with Crippen molar-refractivity contribution in [2.45, 2.75) is 43.0 Å². The third-order valence-electron chi connectivity index (χ3n) is 1.98. The maximum absolute atomic E-state index is 10.6. The van der Waals surface area contributed by atoms with Gasteiger partial charge in [0.2, 0.25) is 0 Å². The number of hydrogen-bond acceptors (Lipinski definition) is 2. The van der Waals surface area contributed by atoms with Crippen LogP contribution in [-0.2, 0) is 9.53 Å². The molecule has 12 heavy (non-hydrogen) atoms. The molecule has 0 bridgehead atoms. The maximum atomic E-state index is 10.6. The number of carbonyl (C=O) groups is 1. The van der Waals surface area contributed by atoms with Crippen molar-refractivity contribution in [3.05, 3.63) is 0 Å². The van der Waals surface area contributed by atoms with Gasteiger partial charge in [-0.15, -0.1) is 23.2 Å². The number of halogens is 2. The minimum atomic E-state index is -0.239. The summed E-state index contributed by atoms with van der Waals surface area (Å²) in [6, 6.07) is 0. The van der Waals surface area contributed by atoms with Gasteiger partial charge in [-0.2, -0.15) is 0 Å². The van der Waals surface area contributed by atoms with Gasteiger partial charge in [0.25, 0.3) is 0 Å². The van der Waals surface area contributed by atoms with E-state index >= 15 is 0 Å². The van der Waals surface area contributed by atoms with E-state index in [9.17, 15) is 4.79 Å². The molecule has 0 aromatic heterocycles. The number of carbonyl (C=O) groups excluding carboxylic acids is 1. The number of hydrogen-bond donors (Lipinski definition) is 0. The SMILES string of the molecule is CC(=O)OC1CCC(Cl)C(Cl)C1. The predicted molar refractivity (Wildman–Crippen MR) is 48.7 cm³/mol. The van der Waals surface area contributed by atoms with E-state index in [2.05, 4.69) is 0 Å². The Morgan fingerprint density at radius 2 is 2.00 bits per heavy atom. The van der Waals surface area contributed by atoms with Crippen molar-refractivity contribution >= 4 is 29.2 Å². The van der Waals surface area contributed by atoms with Crippen LogP contribution in [0.25, 0.3) is 0 Å². The van der Waals surface area contributed by atoms with E-state index in [-0.39, 0.29) is 22.8 Å². The van der Waals surface area contributed by atoms with Gasteiger partial charge in [-0.25, -0.2) is 0 Å². The van der Waals surface area contributed by atoms with Gasteiger partial charge in [-0.3, -0.25) is 4.79 Å². The highest BCUT2D eigenvalue weighted by atomic mass is 35.5. The van der Waals surface area contributed by atoms with Gasteiger partial charge in [0, 0.05) is 13.3 Å². The molecule has 1 fully saturated rings. The zero-order valence-corrected chi connectivity index (χ0v) is 8.44. The van der Waals surface area contributed by atoms with Crippen LogP contribution in [0, 0.1) is 0 Å². The van der Waals surface area contributed by atoms with E-state index < -0.39 is 0 Å². The molecule has 0 aromatic rings. The third kappa shape index (κ3) is 2.83. The van der Waals surface area contributed by atoms with Crippen molar-refractivity contribution in [3.8, 4) is 0 Å². The molecule has 0 saturated heterocycles. The summed E-state index contributed by atoms with van der Waals surface area (Å²) in [5.74, 6) is -0.239. The van der Waals surface area contributed by atoms with E-state index in [4.69, 9.17) is 27.9 Å². The molecule has 4 heteroatoms. The first-order valence-electron chi connectivity index (χ1n) is 4.05. The Morgan fingerprint density at radius 1 is 1.33 bits per heavy atom. The Labute approximate surface area is 82.2 Å². The van der Waals surface area contributed by atoms with Gasteiger partial charge in [0.1, 0.15) is 6.10 Å². The first kappa shape index (κ1) is 10.1. The molecule has 0 radical (unpaired) electrons. The van der Waals surface area contributed by atoms with Crippen LogP contribution in [0.5, 0.6) is 0 Å². The molecule has 0 spiro atoms. The Balaban J connectivity index is 2.35. The molecular formula is C8H12Cl2O2. The quantitative estimate of drug-likeness (QED) is 0.491. The molecular weight excluding hydrogens is 199 g/mol. The summed E-state index contributed by atoms with van der Waals surface area (Å²) in [7, 11) is 0. The summed E-state index contributed by atoms with van der Waals surface area (Å²) in [5, 5.41) is -0.0387.